The molecule has 1 unspecified atom stereocenters. The maximum Gasteiger partial charge on any atom is 0.263 e. The van der Waals surface area contributed by atoms with E-state index in [1.165, 1.54) is 25.1 Å². The van der Waals surface area contributed by atoms with Gasteiger partial charge in [0.15, 0.2) is 6.10 Å². The number of hydrogen-bond donors (Lipinski definition) is 0. The predicted octanol–water partition coefficient (Wildman–Crippen LogP) is 2.44. The van der Waals surface area contributed by atoms with Crippen molar-refractivity contribution in [2.24, 2.45) is 0 Å². The van der Waals surface area contributed by atoms with Crippen LogP contribution in [0.5, 0.6) is 5.75 Å². The molecular weight excluding hydrogens is 367 g/mol. The molecule has 0 aromatic heterocycles. The van der Waals surface area contributed by atoms with E-state index in [2.05, 4.69) is 15.9 Å². The minimum atomic E-state index is -0.680. The van der Waals surface area contributed by atoms with E-state index in [0.717, 1.165) is 6.42 Å². The molecule has 0 radical (unpaired) electrons. The van der Waals surface area contributed by atoms with Gasteiger partial charge >= 0.3 is 0 Å². The number of rotatable bonds is 3. The first-order valence-electron chi connectivity index (χ1n) is 7.54. The minimum Gasteiger partial charge on any atom is -0.480 e. The van der Waals surface area contributed by atoms with Crippen molar-refractivity contribution < 1.29 is 18.7 Å². The lowest BCUT2D eigenvalue weighted by Crippen LogP contribution is -2.42. The monoisotopic (exact) mass is 386 g/mol. The Morgan fingerprint density at radius 1 is 1.22 bits per heavy atom. The summed E-state index contributed by atoms with van der Waals surface area (Å²) in [7, 11) is 0. The van der Waals surface area contributed by atoms with Crippen LogP contribution < -0.4 is 4.74 Å². The number of ether oxygens (including phenoxy) is 1. The maximum absolute atomic E-state index is 13.1. The Morgan fingerprint density at radius 2 is 1.87 bits per heavy atom. The molecule has 0 N–H and O–H groups in total. The third-order valence-electron chi connectivity index (χ3n) is 3.80. The van der Waals surface area contributed by atoms with E-state index in [1.54, 1.807) is 16.7 Å². The normalized spacial score (nSPS) is 16.7. The summed E-state index contributed by atoms with van der Waals surface area (Å²) in [5, 5.41) is 0. The summed E-state index contributed by atoms with van der Waals surface area (Å²) in [4.78, 5) is 27.4. The molecular formula is C16H20BrFN2O3. The van der Waals surface area contributed by atoms with Gasteiger partial charge in [0.25, 0.3) is 5.91 Å². The van der Waals surface area contributed by atoms with Crippen molar-refractivity contribution >= 4 is 27.7 Å². The number of carbonyl (C=O) groups excluding carboxylic acids is 2. The van der Waals surface area contributed by atoms with Crippen molar-refractivity contribution in [2.75, 3.05) is 26.2 Å². The second-order valence-electron chi connectivity index (χ2n) is 5.52. The summed E-state index contributed by atoms with van der Waals surface area (Å²) in [5.41, 5.74) is 0. The van der Waals surface area contributed by atoms with Crippen molar-refractivity contribution in [3.8, 4) is 5.75 Å². The topological polar surface area (TPSA) is 49.9 Å². The van der Waals surface area contributed by atoms with Crippen LogP contribution in [0.2, 0.25) is 0 Å². The zero-order valence-corrected chi connectivity index (χ0v) is 14.8. The van der Waals surface area contributed by atoms with E-state index in [4.69, 9.17) is 4.74 Å². The lowest BCUT2D eigenvalue weighted by molar-refractivity contribution is -0.138. The second-order valence-corrected chi connectivity index (χ2v) is 6.37. The molecule has 7 heteroatoms. The largest absolute Gasteiger partial charge is 0.480 e. The Hall–Kier alpha value is -1.63. The Morgan fingerprint density at radius 3 is 2.52 bits per heavy atom. The van der Waals surface area contributed by atoms with Gasteiger partial charge in [0, 0.05) is 33.1 Å². The number of amides is 2. The Balaban J connectivity index is 1.97. The van der Waals surface area contributed by atoms with Gasteiger partial charge in [-0.1, -0.05) is 0 Å². The quantitative estimate of drug-likeness (QED) is 0.801. The van der Waals surface area contributed by atoms with E-state index >= 15 is 0 Å². The first kappa shape index (κ1) is 17.7. The fourth-order valence-electron chi connectivity index (χ4n) is 2.52. The number of carbonyl (C=O) groups is 2. The van der Waals surface area contributed by atoms with Crippen LogP contribution in [-0.2, 0) is 9.59 Å². The fraction of sp³-hybridized carbons (Fsp3) is 0.500. The lowest BCUT2D eigenvalue weighted by Gasteiger charge is -2.25. The Bertz CT molecular complexity index is 597. The van der Waals surface area contributed by atoms with Gasteiger partial charge in [-0.25, -0.2) is 4.39 Å². The molecule has 0 aliphatic carbocycles. The molecule has 1 aliphatic heterocycles. The van der Waals surface area contributed by atoms with Gasteiger partial charge in [0.2, 0.25) is 5.91 Å². The van der Waals surface area contributed by atoms with Crippen LogP contribution in [0.4, 0.5) is 4.39 Å². The summed E-state index contributed by atoms with van der Waals surface area (Å²) < 4.78 is 19.2. The lowest BCUT2D eigenvalue weighted by atomic mass is 10.3. The van der Waals surface area contributed by atoms with Crippen LogP contribution >= 0.6 is 15.9 Å². The third-order valence-corrected chi connectivity index (χ3v) is 4.42. The molecule has 1 saturated heterocycles. The minimum absolute atomic E-state index is 0.0267. The molecule has 126 valence electrons. The fourth-order valence-corrected chi connectivity index (χ4v) is 2.97. The van der Waals surface area contributed by atoms with Crippen molar-refractivity contribution in [1.29, 1.82) is 0 Å². The van der Waals surface area contributed by atoms with Crippen molar-refractivity contribution in [3.05, 3.63) is 28.5 Å². The molecule has 2 amide bonds. The van der Waals surface area contributed by atoms with Gasteiger partial charge in [0.05, 0.1) is 4.47 Å². The number of halogens is 2. The molecule has 0 saturated carbocycles. The van der Waals surface area contributed by atoms with E-state index in [-0.39, 0.29) is 17.6 Å². The highest BCUT2D eigenvalue weighted by atomic mass is 79.9. The van der Waals surface area contributed by atoms with Crippen molar-refractivity contribution in [1.82, 2.24) is 9.80 Å². The summed E-state index contributed by atoms with van der Waals surface area (Å²) in [6.07, 6.45) is 0.0683. The highest BCUT2D eigenvalue weighted by molar-refractivity contribution is 9.10. The van der Waals surface area contributed by atoms with Gasteiger partial charge in [-0.2, -0.15) is 0 Å². The molecule has 1 aliphatic rings. The van der Waals surface area contributed by atoms with Crippen LogP contribution in [0.3, 0.4) is 0 Å². The van der Waals surface area contributed by atoms with Gasteiger partial charge in [0.1, 0.15) is 11.6 Å². The van der Waals surface area contributed by atoms with Crippen molar-refractivity contribution in [2.45, 2.75) is 26.4 Å². The molecule has 1 heterocycles. The SMILES string of the molecule is CC(=O)N1CCCN(C(=O)C(C)Oc2ccc(F)cc2Br)CC1. The first-order valence-corrected chi connectivity index (χ1v) is 8.34. The van der Waals surface area contributed by atoms with E-state index in [1.807, 2.05) is 0 Å². The van der Waals surface area contributed by atoms with E-state index in [9.17, 15) is 14.0 Å². The summed E-state index contributed by atoms with van der Waals surface area (Å²) in [5.74, 6) is -0.0575. The van der Waals surface area contributed by atoms with Crippen LogP contribution in [0, 0.1) is 5.82 Å². The van der Waals surface area contributed by atoms with Crippen molar-refractivity contribution in [3.63, 3.8) is 0 Å². The molecule has 1 aromatic carbocycles. The molecule has 5 nitrogen and oxygen atoms in total. The standard InChI is InChI=1S/C16H20BrFN2O3/c1-11(23-15-5-4-13(18)10-14(15)17)16(22)20-7-3-6-19(8-9-20)12(2)21/h4-5,10-11H,3,6-9H2,1-2H3. The summed E-state index contributed by atoms with van der Waals surface area (Å²) in [6, 6.07) is 4.07. The van der Waals surface area contributed by atoms with E-state index in [0.29, 0.717) is 36.4 Å². The van der Waals surface area contributed by atoms with Gasteiger partial charge in [-0.3, -0.25) is 9.59 Å². The second kappa shape index (κ2) is 7.77. The smallest absolute Gasteiger partial charge is 0.263 e. The number of benzene rings is 1. The molecule has 1 fully saturated rings. The average Bonchev–Trinajstić information content (AvgIpc) is 2.75. The van der Waals surface area contributed by atoms with Gasteiger partial charge in [-0.15, -0.1) is 0 Å². The molecule has 1 aromatic rings. The molecule has 0 bridgehead atoms. The zero-order valence-electron chi connectivity index (χ0n) is 13.2. The Labute approximate surface area is 143 Å². The highest BCUT2D eigenvalue weighted by Crippen LogP contribution is 2.26. The van der Waals surface area contributed by atoms with Gasteiger partial charge in [-0.05, 0) is 47.5 Å². The molecule has 0 spiro atoms. The third kappa shape index (κ3) is 4.67. The summed E-state index contributed by atoms with van der Waals surface area (Å²) >= 11 is 3.22. The molecule has 2 rings (SSSR count). The van der Waals surface area contributed by atoms with E-state index < -0.39 is 6.10 Å². The highest BCUT2D eigenvalue weighted by Gasteiger charge is 2.25. The number of hydrogen-bond acceptors (Lipinski definition) is 3. The predicted molar refractivity (Wildman–Crippen MR) is 87.6 cm³/mol. The molecule has 23 heavy (non-hydrogen) atoms. The molecule has 1 atom stereocenters. The van der Waals surface area contributed by atoms with Gasteiger partial charge < -0.3 is 14.5 Å². The Kier molecular flexibility index (Phi) is 5.98. The zero-order chi connectivity index (χ0) is 17.0. The first-order chi connectivity index (χ1) is 10.9. The number of nitrogens with zero attached hydrogens (tertiary/aromatic N) is 2. The van der Waals surface area contributed by atoms with Crippen LogP contribution in [0.1, 0.15) is 20.3 Å². The van der Waals surface area contributed by atoms with Crippen LogP contribution in [0.15, 0.2) is 22.7 Å². The van der Waals surface area contributed by atoms with Crippen LogP contribution in [0.25, 0.3) is 0 Å². The van der Waals surface area contributed by atoms with Crippen LogP contribution in [-0.4, -0.2) is 53.9 Å². The summed E-state index contributed by atoms with van der Waals surface area (Å²) in [6.45, 7) is 5.50. The maximum atomic E-state index is 13.1. The average molecular weight is 387 g/mol.